The molecular formula is C18H19N3O. The maximum atomic E-state index is 10.2. The van der Waals surface area contributed by atoms with Crippen LogP contribution in [0.15, 0.2) is 36.7 Å². The van der Waals surface area contributed by atoms with Crippen molar-refractivity contribution in [1.29, 1.82) is 0 Å². The minimum Gasteiger partial charge on any atom is -0.493 e. The van der Waals surface area contributed by atoms with Gasteiger partial charge in [0.05, 0.1) is 5.39 Å². The van der Waals surface area contributed by atoms with Gasteiger partial charge in [-0.1, -0.05) is 30.3 Å². The molecule has 4 nitrogen and oxygen atoms in total. The third kappa shape index (κ3) is 2.15. The van der Waals surface area contributed by atoms with Crippen molar-refractivity contribution in [1.82, 2.24) is 14.5 Å². The first kappa shape index (κ1) is 13.3. The molecule has 2 aromatic heterocycles. The van der Waals surface area contributed by atoms with Gasteiger partial charge in [0.15, 0.2) is 0 Å². The van der Waals surface area contributed by atoms with Crippen molar-refractivity contribution in [3.8, 4) is 5.88 Å². The van der Waals surface area contributed by atoms with Crippen molar-refractivity contribution >= 4 is 11.0 Å². The Bertz CT molecular complexity index is 808. The first-order chi connectivity index (χ1) is 10.8. The van der Waals surface area contributed by atoms with Crippen LogP contribution < -0.4 is 0 Å². The lowest BCUT2D eigenvalue weighted by Crippen LogP contribution is -2.10. The monoisotopic (exact) mass is 293 g/mol. The Morgan fingerprint density at radius 2 is 1.86 bits per heavy atom. The van der Waals surface area contributed by atoms with Crippen LogP contribution in [0.1, 0.15) is 29.7 Å². The molecule has 4 rings (SSSR count). The van der Waals surface area contributed by atoms with Crippen LogP contribution in [0.2, 0.25) is 0 Å². The second kappa shape index (κ2) is 5.44. The molecule has 1 aliphatic rings. The van der Waals surface area contributed by atoms with Crippen LogP contribution >= 0.6 is 0 Å². The molecular weight excluding hydrogens is 274 g/mol. The highest BCUT2D eigenvalue weighted by Crippen LogP contribution is 2.35. The average Bonchev–Trinajstić information content (AvgIpc) is 2.89. The van der Waals surface area contributed by atoms with Crippen LogP contribution in [-0.4, -0.2) is 19.6 Å². The molecule has 3 aromatic rings. The number of fused-ring (bicyclic) bond motifs is 3. The van der Waals surface area contributed by atoms with Gasteiger partial charge in [0, 0.05) is 12.2 Å². The van der Waals surface area contributed by atoms with Gasteiger partial charge in [-0.2, -0.15) is 0 Å². The molecule has 0 atom stereocenters. The van der Waals surface area contributed by atoms with Gasteiger partial charge in [0.1, 0.15) is 12.0 Å². The Balaban J connectivity index is 1.78. The van der Waals surface area contributed by atoms with Crippen LogP contribution in [0.4, 0.5) is 0 Å². The minimum atomic E-state index is 0.126. The van der Waals surface area contributed by atoms with Crippen LogP contribution in [0.5, 0.6) is 5.88 Å². The van der Waals surface area contributed by atoms with Crippen molar-refractivity contribution in [3.63, 3.8) is 0 Å². The fourth-order valence-corrected chi connectivity index (χ4v) is 3.55. The summed E-state index contributed by atoms with van der Waals surface area (Å²) in [6.07, 6.45) is 6.91. The predicted octanol–water partition coefficient (Wildman–Crippen LogP) is 3.26. The summed E-state index contributed by atoms with van der Waals surface area (Å²) in [5.41, 5.74) is 4.81. The van der Waals surface area contributed by atoms with E-state index in [0.717, 1.165) is 36.8 Å². The molecule has 1 N–H and O–H groups in total. The number of rotatable bonds is 3. The van der Waals surface area contributed by atoms with Crippen LogP contribution in [0.25, 0.3) is 11.0 Å². The molecule has 0 bridgehead atoms. The molecule has 4 heteroatoms. The number of nitrogens with zero attached hydrogens (tertiary/aromatic N) is 3. The molecule has 0 aliphatic heterocycles. The fourth-order valence-electron chi connectivity index (χ4n) is 3.55. The topological polar surface area (TPSA) is 50.9 Å². The maximum absolute atomic E-state index is 10.2. The molecule has 0 unspecified atom stereocenters. The zero-order valence-electron chi connectivity index (χ0n) is 12.5. The van der Waals surface area contributed by atoms with Gasteiger partial charge in [-0.05, 0) is 43.2 Å². The molecule has 0 radical (unpaired) electrons. The fraction of sp³-hybridized carbons (Fsp3) is 0.333. The first-order valence-electron chi connectivity index (χ1n) is 7.92. The third-order valence-corrected chi connectivity index (χ3v) is 4.60. The highest BCUT2D eigenvalue weighted by Gasteiger charge is 2.23. The molecule has 22 heavy (non-hydrogen) atoms. The van der Waals surface area contributed by atoms with E-state index in [0.29, 0.717) is 0 Å². The summed E-state index contributed by atoms with van der Waals surface area (Å²) in [6.45, 7) is 0.895. The highest BCUT2D eigenvalue weighted by molar-refractivity contribution is 5.86. The lowest BCUT2D eigenvalue weighted by Gasteiger charge is -2.15. The lowest BCUT2D eigenvalue weighted by atomic mass is 9.96. The number of hydrogen-bond donors (Lipinski definition) is 1. The summed E-state index contributed by atoms with van der Waals surface area (Å²) >= 11 is 0. The largest absolute Gasteiger partial charge is 0.493 e. The first-order valence-corrected chi connectivity index (χ1v) is 7.92. The molecule has 0 fully saturated rings. The summed E-state index contributed by atoms with van der Waals surface area (Å²) in [5.74, 6) is 0.126. The van der Waals surface area contributed by atoms with E-state index in [1.54, 1.807) is 0 Å². The quantitative estimate of drug-likeness (QED) is 0.806. The Morgan fingerprint density at radius 1 is 1.05 bits per heavy atom. The molecule has 0 spiro atoms. The van der Waals surface area contributed by atoms with E-state index in [-0.39, 0.29) is 5.88 Å². The summed E-state index contributed by atoms with van der Waals surface area (Å²) in [7, 11) is 0. The average molecular weight is 293 g/mol. The van der Waals surface area contributed by atoms with Gasteiger partial charge in [-0.15, -0.1) is 0 Å². The smallest absolute Gasteiger partial charge is 0.223 e. The van der Waals surface area contributed by atoms with Crippen molar-refractivity contribution in [3.05, 3.63) is 53.5 Å². The van der Waals surface area contributed by atoms with E-state index >= 15 is 0 Å². The number of aryl methyl sites for hydroxylation is 3. The SMILES string of the molecule is Oc1ncnc2c1c1c(n2CCc2ccccc2)CCCC1. The van der Waals surface area contributed by atoms with E-state index in [9.17, 15) is 5.11 Å². The van der Waals surface area contributed by atoms with E-state index < -0.39 is 0 Å². The number of hydrogen-bond acceptors (Lipinski definition) is 3. The Labute approximate surface area is 129 Å². The Kier molecular flexibility index (Phi) is 3.29. The molecule has 2 heterocycles. The van der Waals surface area contributed by atoms with Crippen LogP contribution in [-0.2, 0) is 25.8 Å². The molecule has 0 amide bonds. The van der Waals surface area contributed by atoms with Crippen molar-refractivity contribution < 1.29 is 5.11 Å². The van der Waals surface area contributed by atoms with Crippen molar-refractivity contribution in [2.45, 2.75) is 38.6 Å². The standard InChI is InChI=1S/C18H19N3O/c22-18-16-14-8-4-5-9-15(14)21(17(16)19-12-20-18)11-10-13-6-2-1-3-7-13/h1-3,6-7,12H,4-5,8-11H2,(H,19,20,22). The number of benzene rings is 1. The zero-order valence-corrected chi connectivity index (χ0v) is 12.5. The summed E-state index contributed by atoms with van der Waals surface area (Å²) in [6, 6.07) is 10.5. The Morgan fingerprint density at radius 3 is 2.73 bits per heavy atom. The maximum Gasteiger partial charge on any atom is 0.223 e. The number of aromatic hydroxyl groups is 1. The van der Waals surface area contributed by atoms with Gasteiger partial charge in [-0.25, -0.2) is 9.97 Å². The molecule has 1 aromatic carbocycles. The minimum absolute atomic E-state index is 0.126. The van der Waals surface area contributed by atoms with Crippen molar-refractivity contribution in [2.24, 2.45) is 0 Å². The summed E-state index contributed by atoms with van der Waals surface area (Å²) in [4.78, 5) is 8.43. The lowest BCUT2D eigenvalue weighted by molar-refractivity contribution is 0.458. The Hall–Kier alpha value is -2.36. The molecule has 0 saturated heterocycles. The van der Waals surface area contributed by atoms with Crippen LogP contribution in [0.3, 0.4) is 0 Å². The van der Waals surface area contributed by atoms with Crippen LogP contribution in [0, 0.1) is 0 Å². The van der Waals surface area contributed by atoms with Crippen molar-refractivity contribution in [2.75, 3.05) is 0 Å². The third-order valence-electron chi connectivity index (χ3n) is 4.60. The molecule has 0 saturated carbocycles. The molecule has 1 aliphatic carbocycles. The van der Waals surface area contributed by atoms with Gasteiger partial charge in [-0.3, -0.25) is 0 Å². The van der Waals surface area contributed by atoms with E-state index in [4.69, 9.17) is 0 Å². The van der Waals surface area contributed by atoms with E-state index in [2.05, 4.69) is 38.8 Å². The van der Waals surface area contributed by atoms with Gasteiger partial charge >= 0.3 is 0 Å². The zero-order chi connectivity index (χ0) is 14.9. The summed E-state index contributed by atoms with van der Waals surface area (Å²) in [5, 5.41) is 11.0. The predicted molar refractivity (Wildman–Crippen MR) is 86.0 cm³/mol. The summed E-state index contributed by atoms with van der Waals surface area (Å²) < 4.78 is 2.29. The van der Waals surface area contributed by atoms with E-state index in [1.165, 1.54) is 36.0 Å². The van der Waals surface area contributed by atoms with Gasteiger partial charge in [0.2, 0.25) is 5.88 Å². The van der Waals surface area contributed by atoms with Gasteiger partial charge < -0.3 is 9.67 Å². The number of aromatic nitrogens is 3. The second-order valence-corrected chi connectivity index (χ2v) is 5.92. The van der Waals surface area contributed by atoms with Gasteiger partial charge in [0.25, 0.3) is 0 Å². The second-order valence-electron chi connectivity index (χ2n) is 5.92. The molecule has 112 valence electrons. The highest BCUT2D eigenvalue weighted by atomic mass is 16.3. The van der Waals surface area contributed by atoms with E-state index in [1.807, 2.05) is 6.07 Å². The normalized spacial score (nSPS) is 14.2.